The Morgan fingerprint density at radius 1 is 1.13 bits per heavy atom. The fourth-order valence-electron chi connectivity index (χ4n) is 3.26. The maximum absolute atomic E-state index is 14.5. The SMILES string of the molecule is Cc1nnc(-c2ccccc2F)n2nc(OCc3ncn(C)n3)c(-c3ccsc3)c12. The van der Waals surface area contributed by atoms with Crippen molar-refractivity contribution in [2.75, 3.05) is 0 Å². The van der Waals surface area contributed by atoms with Crippen LogP contribution in [0.1, 0.15) is 11.5 Å². The Morgan fingerprint density at radius 2 is 2.00 bits per heavy atom. The maximum Gasteiger partial charge on any atom is 0.242 e. The molecule has 4 heterocycles. The molecule has 1 aromatic carbocycles. The monoisotopic (exact) mass is 421 g/mol. The van der Waals surface area contributed by atoms with Crippen molar-refractivity contribution < 1.29 is 9.13 Å². The predicted molar refractivity (Wildman–Crippen MR) is 110 cm³/mol. The van der Waals surface area contributed by atoms with E-state index in [1.54, 1.807) is 52.1 Å². The minimum absolute atomic E-state index is 0.150. The Balaban J connectivity index is 1.71. The summed E-state index contributed by atoms with van der Waals surface area (Å²) >= 11 is 1.57. The summed E-state index contributed by atoms with van der Waals surface area (Å²) in [5.41, 5.74) is 3.40. The quantitative estimate of drug-likeness (QED) is 0.431. The summed E-state index contributed by atoms with van der Waals surface area (Å²) in [6.45, 7) is 1.99. The number of hydrogen-bond donors (Lipinski definition) is 0. The van der Waals surface area contributed by atoms with Gasteiger partial charge >= 0.3 is 0 Å². The van der Waals surface area contributed by atoms with E-state index >= 15 is 0 Å². The summed E-state index contributed by atoms with van der Waals surface area (Å²) in [5.74, 6) is 0.824. The number of benzene rings is 1. The molecule has 0 N–H and O–H groups in total. The number of nitrogens with zero attached hydrogens (tertiary/aromatic N) is 7. The fourth-order valence-corrected chi connectivity index (χ4v) is 3.91. The highest BCUT2D eigenvalue weighted by Crippen LogP contribution is 2.38. The molecule has 0 fully saturated rings. The van der Waals surface area contributed by atoms with Crippen LogP contribution < -0.4 is 4.74 Å². The van der Waals surface area contributed by atoms with Crippen molar-refractivity contribution >= 4 is 16.9 Å². The summed E-state index contributed by atoms with van der Waals surface area (Å²) in [7, 11) is 1.79. The second-order valence-corrected chi connectivity index (χ2v) is 7.44. The van der Waals surface area contributed by atoms with Gasteiger partial charge in [0, 0.05) is 12.6 Å². The van der Waals surface area contributed by atoms with E-state index in [-0.39, 0.29) is 6.61 Å². The third kappa shape index (κ3) is 3.11. The zero-order valence-corrected chi connectivity index (χ0v) is 17.0. The van der Waals surface area contributed by atoms with Gasteiger partial charge in [-0.25, -0.2) is 13.9 Å². The molecule has 0 bridgehead atoms. The number of aromatic nitrogens is 7. The first kappa shape index (κ1) is 18.4. The average molecular weight is 421 g/mol. The van der Waals surface area contributed by atoms with E-state index in [4.69, 9.17) is 4.74 Å². The van der Waals surface area contributed by atoms with Crippen LogP contribution in [0, 0.1) is 12.7 Å². The minimum atomic E-state index is -0.398. The minimum Gasteiger partial charge on any atom is -0.468 e. The van der Waals surface area contributed by atoms with Gasteiger partial charge in [0.05, 0.1) is 16.8 Å². The van der Waals surface area contributed by atoms with E-state index in [1.807, 2.05) is 23.8 Å². The lowest BCUT2D eigenvalue weighted by molar-refractivity contribution is 0.283. The molecule has 10 heteroatoms. The van der Waals surface area contributed by atoms with E-state index in [2.05, 4.69) is 25.4 Å². The second-order valence-electron chi connectivity index (χ2n) is 6.66. The Labute approximate surface area is 174 Å². The van der Waals surface area contributed by atoms with Crippen LogP contribution in [0.25, 0.3) is 28.0 Å². The number of hydrogen-bond acceptors (Lipinski definition) is 7. The summed E-state index contributed by atoms with van der Waals surface area (Å²) < 4.78 is 23.7. The summed E-state index contributed by atoms with van der Waals surface area (Å²) in [5, 5.41) is 21.4. The number of halogens is 1. The van der Waals surface area contributed by atoms with Crippen molar-refractivity contribution in [2.24, 2.45) is 7.05 Å². The smallest absolute Gasteiger partial charge is 0.242 e. The molecule has 0 aliphatic heterocycles. The van der Waals surface area contributed by atoms with Gasteiger partial charge in [-0.1, -0.05) is 12.1 Å². The highest BCUT2D eigenvalue weighted by Gasteiger charge is 2.23. The van der Waals surface area contributed by atoms with Crippen molar-refractivity contribution in [1.82, 2.24) is 34.6 Å². The number of rotatable bonds is 5. The van der Waals surface area contributed by atoms with E-state index < -0.39 is 5.82 Å². The highest BCUT2D eigenvalue weighted by atomic mass is 32.1. The van der Waals surface area contributed by atoms with Crippen molar-refractivity contribution in [3.8, 4) is 28.4 Å². The summed E-state index contributed by atoms with van der Waals surface area (Å²) in [6, 6.07) is 8.40. The molecule has 0 atom stereocenters. The lowest BCUT2D eigenvalue weighted by Gasteiger charge is -2.06. The molecule has 0 radical (unpaired) electrons. The third-order valence-corrected chi connectivity index (χ3v) is 5.28. The highest BCUT2D eigenvalue weighted by molar-refractivity contribution is 7.08. The molecule has 30 heavy (non-hydrogen) atoms. The first-order valence-corrected chi connectivity index (χ1v) is 10.1. The zero-order chi connectivity index (χ0) is 20.7. The molecule has 0 aliphatic rings. The van der Waals surface area contributed by atoms with Crippen molar-refractivity contribution in [1.29, 1.82) is 0 Å². The standard InChI is InChI=1S/C20H16FN7OS/c1-12-18-17(13-7-8-30-10-13)20(29-9-16-22-11-27(2)25-16)26-28(18)19(24-23-12)14-5-3-4-6-15(14)21/h3-8,10-11H,9H2,1-2H3. The van der Waals surface area contributed by atoms with Gasteiger partial charge in [0.25, 0.3) is 0 Å². The van der Waals surface area contributed by atoms with Gasteiger partial charge in [-0.3, -0.25) is 4.68 Å². The van der Waals surface area contributed by atoms with Crippen LogP contribution >= 0.6 is 11.3 Å². The molecule has 0 unspecified atom stereocenters. The molecule has 5 rings (SSSR count). The van der Waals surface area contributed by atoms with Crippen molar-refractivity contribution in [3.63, 3.8) is 0 Å². The van der Waals surface area contributed by atoms with Crippen molar-refractivity contribution in [3.05, 3.63) is 64.8 Å². The lowest BCUT2D eigenvalue weighted by atomic mass is 10.1. The molecule has 0 amide bonds. The zero-order valence-electron chi connectivity index (χ0n) is 16.2. The maximum atomic E-state index is 14.5. The molecule has 4 aromatic heterocycles. The average Bonchev–Trinajstić information content (AvgIpc) is 3.47. The van der Waals surface area contributed by atoms with E-state index in [1.165, 1.54) is 6.07 Å². The molecule has 0 spiro atoms. The molecule has 8 nitrogen and oxygen atoms in total. The topological polar surface area (TPSA) is 83.0 Å². The molecule has 150 valence electrons. The molecular weight excluding hydrogens is 405 g/mol. The van der Waals surface area contributed by atoms with Gasteiger partial charge in [-0.05, 0) is 35.9 Å². The second kappa shape index (κ2) is 7.30. The number of ether oxygens (including phenoxy) is 1. The summed E-state index contributed by atoms with van der Waals surface area (Å²) in [6.07, 6.45) is 1.61. The Kier molecular flexibility index (Phi) is 4.47. The van der Waals surface area contributed by atoms with Gasteiger partial charge in [-0.2, -0.15) is 21.5 Å². The molecule has 0 saturated heterocycles. The largest absolute Gasteiger partial charge is 0.468 e. The fraction of sp³-hybridized carbons (Fsp3) is 0.150. The Morgan fingerprint density at radius 3 is 2.73 bits per heavy atom. The lowest BCUT2D eigenvalue weighted by Crippen LogP contribution is -2.04. The van der Waals surface area contributed by atoms with Crippen LogP contribution in [0.3, 0.4) is 0 Å². The van der Waals surface area contributed by atoms with Crippen LogP contribution in [-0.4, -0.2) is 34.6 Å². The number of aryl methyl sites for hydroxylation is 2. The van der Waals surface area contributed by atoms with Gasteiger partial charge in [0.2, 0.25) is 5.88 Å². The first-order valence-electron chi connectivity index (χ1n) is 9.12. The van der Waals surface area contributed by atoms with Gasteiger partial charge < -0.3 is 4.74 Å². The molecule has 5 aromatic rings. The van der Waals surface area contributed by atoms with Crippen LogP contribution in [-0.2, 0) is 13.7 Å². The molecular formula is C20H16FN7OS. The van der Waals surface area contributed by atoms with Gasteiger partial charge in [0.15, 0.2) is 18.3 Å². The van der Waals surface area contributed by atoms with Crippen LogP contribution in [0.5, 0.6) is 5.88 Å². The van der Waals surface area contributed by atoms with Gasteiger partial charge in [0.1, 0.15) is 17.7 Å². The Hall–Kier alpha value is -3.66. The number of fused-ring (bicyclic) bond motifs is 1. The third-order valence-electron chi connectivity index (χ3n) is 4.60. The van der Waals surface area contributed by atoms with Crippen LogP contribution in [0.4, 0.5) is 4.39 Å². The number of thiophene rings is 1. The first-order chi connectivity index (χ1) is 14.6. The molecule has 0 aliphatic carbocycles. The van der Waals surface area contributed by atoms with E-state index in [0.29, 0.717) is 34.3 Å². The molecule has 0 saturated carbocycles. The van der Waals surface area contributed by atoms with Gasteiger partial charge in [-0.15, -0.1) is 10.2 Å². The Bertz CT molecular complexity index is 1340. The predicted octanol–water partition coefficient (Wildman–Crippen LogP) is 3.67. The van der Waals surface area contributed by atoms with Crippen LogP contribution in [0.2, 0.25) is 0 Å². The normalized spacial score (nSPS) is 11.3. The van der Waals surface area contributed by atoms with E-state index in [0.717, 1.165) is 11.1 Å². The van der Waals surface area contributed by atoms with E-state index in [9.17, 15) is 4.39 Å². The van der Waals surface area contributed by atoms with Crippen LogP contribution in [0.15, 0.2) is 47.4 Å². The van der Waals surface area contributed by atoms with Crippen molar-refractivity contribution in [2.45, 2.75) is 13.5 Å². The summed E-state index contributed by atoms with van der Waals surface area (Å²) in [4.78, 5) is 4.19.